The highest BCUT2D eigenvalue weighted by molar-refractivity contribution is 9.10. The molecule has 2 amide bonds. The molecular weight excluding hydrogens is 472 g/mol. The van der Waals surface area contributed by atoms with E-state index in [2.05, 4.69) is 31.9 Å². The van der Waals surface area contributed by atoms with Crippen molar-refractivity contribution in [2.75, 3.05) is 16.3 Å². The molecule has 0 aliphatic carbocycles. The van der Waals surface area contributed by atoms with Crippen molar-refractivity contribution in [1.82, 2.24) is 0 Å². The van der Waals surface area contributed by atoms with Gasteiger partial charge in [-0.15, -0.1) is 0 Å². The molecule has 1 aliphatic rings. The van der Waals surface area contributed by atoms with Crippen LogP contribution in [0.4, 0.5) is 16.2 Å². The predicted molar refractivity (Wildman–Crippen MR) is 114 cm³/mol. The molecule has 1 aliphatic heterocycles. The van der Waals surface area contributed by atoms with Crippen LogP contribution in [0.2, 0.25) is 0 Å². The van der Waals surface area contributed by atoms with Gasteiger partial charge in [0.05, 0.1) is 6.54 Å². The first-order chi connectivity index (χ1) is 13.0. The quantitative estimate of drug-likeness (QED) is 0.529. The molecule has 3 aromatic rings. The van der Waals surface area contributed by atoms with E-state index >= 15 is 0 Å². The minimum Gasteiger partial charge on any atom is -0.365 e. The molecule has 0 spiro atoms. The van der Waals surface area contributed by atoms with Gasteiger partial charge >= 0.3 is 6.03 Å². The van der Waals surface area contributed by atoms with Gasteiger partial charge in [-0.2, -0.15) is 0 Å². The van der Waals surface area contributed by atoms with E-state index in [-0.39, 0.29) is 12.6 Å². The highest BCUT2D eigenvalue weighted by Gasteiger charge is 2.51. The third-order valence-corrected chi connectivity index (χ3v) is 5.69. The zero-order valence-corrected chi connectivity index (χ0v) is 17.4. The third kappa shape index (κ3) is 3.29. The normalized spacial score (nSPS) is 19.6. The summed E-state index contributed by atoms with van der Waals surface area (Å²) in [6, 6.07) is 23.9. The Balaban J connectivity index is 1.83. The Morgan fingerprint density at radius 1 is 0.778 bits per heavy atom. The second kappa shape index (κ2) is 7.11. The van der Waals surface area contributed by atoms with Gasteiger partial charge in [-0.25, -0.2) is 4.79 Å². The number of carbonyl (C=O) groups excluding carboxylic acids is 1. The maximum absolute atomic E-state index is 13.3. The fourth-order valence-electron chi connectivity index (χ4n) is 3.30. The molecule has 4 nitrogen and oxygen atoms in total. The van der Waals surface area contributed by atoms with Crippen LogP contribution in [0.1, 0.15) is 5.56 Å². The topological polar surface area (TPSA) is 43.8 Å². The standard InChI is InChI=1S/C21H16Br2N2O2/c22-16-6-10-18(11-7-16)24-14-21(27,15-4-2-1-3-5-15)25(20(24)26)19-12-8-17(23)9-13-19/h1-13,27H,14H2. The van der Waals surface area contributed by atoms with Gasteiger partial charge in [0.25, 0.3) is 0 Å². The monoisotopic (exact) mass is 486 g/mol. The van der Waals surface area contributed by atoms with Gasteiger partial charge in [0.15, 0.2) is 5.72 Å². The summed E-state index contributed by atoms with van der Waals surface area (Å²) in [5.74, 6) is 0. The summed E-state index contributed by atoms with van der Waals surface area (Å²) in [4.78, 5) is 16.4. The Labute approximate surface area is 174 Å². The number of amides is 2. The van der Waals surface area contributed by atoms with Crippen LogP contribution in [0.3, 0.4) is 0 Å². The lowest BCUT2D eigenvalue weighted by Gasteiger charge is -2.32. The van der Waals surface area contributed by atoms with Crippen LogP contribution in [-0.4, -0.2) is 17.7 Å². The van der Waals surface area contributed by atoms with E-state index in [9.17, 15) is 9.90 Å². The molecule has 0 aromatic heterocycles. The molecule has 0 radical (unpaired) electrons. The number of hydrogen-bond donors (Lipinski definition) is 1. The van der Waals surface area contributed by atoms with Crippen LogP contribution in [0.5, 0.6) is 0 Å². The van der Waals surface area contributed by atoms with Gasteiger partial charge in [-0.1, -0.05) is 62.2 Å². The van der Waals surface area contributed by atoms with Crippen molar-refractivity contribution in [2.24, 2.45) is 0 Å². The molecule has 1 unspecified atom stereocenters. The van der Waals surface area contributed by atoms with Crippen LogP contribution >= 0.6 is 31.9 Å². The van der Waals surface area contributed by atoms with Gasteiger partial charge in [-0.3, -0.25) is 9.80 Å². The summed E-state index contributed by atoms with van der Waals surface area (Å²) in [7, 11) is 0. The summed E-state index contributed by atoms with van der Waals surface area (Å²) >= 11 is 6.83. The van der Waals surface area contributed by atoms with Crippen molar-refractivity contribution in [3.8, 4) is 0 Å². The highest BCUT2D eigenvalue weighted by atomic mass is 79.9. The number of rotatable bonds is 3. The molecule has 4 rings (SSSR count). The summed E-state index contributed by atoms with van der Waals surface area (Å²) < 4.78 is 1.84. The van der Waals surface area contributed by atoms with Crippen LogP contribution in [-0.2, 0) is 5.72 Å². The SMILES string of the molecule is O=C1N(c2ccc(Br)cc2)CC(O)(c2ccccc2)N1c1ccc(Br)cc1. The highest BCUT2D eigenvalue weighted by Crippen LogP contribution is 2.40. The van der Waals surface area contributed by atoms with Crippen molar-refractivity contribution in [2.45, 2.75) is 5.72 Å². The van der Waals surface area contributed by atoms with E-state index < -0.39 is 5.72 Å². The van der Waals surface area contributed by atoms with Gasteiger partial charge in [0.1, 0.15) is 0 Å². The van der Waals surface area contributed by atoms with Crippen LogP contribution < -0.4 is 9.80 Å². The molecule has 3 aromatic carbocycles. The molecule has 0 saturated carbocycles. The first-order valence-electron chi connectivity index (χ1n) is 8.40. The summed E-state index contributed by atoms with van der Waals surface area (Å²) in [6.45, 7) is 0.132. The fraction of sp³-hybridized carbons (Fsp3) is 0.0952. The molecule has 1 fully saturated rings. The molecule has 6 heteroatoms. The number of hydrogen-bond acceptors (Lipinski definition) is 2. The van der Waals surface area contributed by atoms with Gasteiger partial charge in [0.2, 0.25) is 0 Å². The summed E-state index contributed by atoms with van der Waals surface area (Å²) in [6.07, 6.45) is 0. The molecule has 1 saturated heterocycles. The second-order valence-corrected chi connectivity index (χ2v) is 8.17. The van der Waals surface area contributed by atoms with E-state index in [1.807, 2.05) is 78.9 Å². The van der Waals surface area contributed by atoms with E-state index in [0.29, 0.717) is 11.3 Å². The van der Waals surface area contributed by atoms with Gasteiger partial charge in [-0.05, 0) is 48.5 Å². The number of anilines is 2. The van der Waals surface area contributed by atoms with Crippen molar-refractivity contribution in [3.05, 3.63) is 93.4 Å². The average Bonchev–Trinajstić information content (AvgIpc) is 2.96. The van der Waals surface area contributed by atoms with Gasteiger partial charge < -0.3 is 5.11 Å². The number of carbonyl (C=O) groups is 1. The number of β-amino-alcohol motifs (C(OH)–C–C–N with tert-alkyl or cyclic N) is 1. The zero-order chi connectivity index (χ0) is 19.0. The minimum atomic E-state index is -1.47. The number of nitrogens with zero attached hydrogens (tertiary/aromatic N) is 2. The maximum Gasteiger partial charge on any atom is 0.331 e. The zero-order valence-electron chi connectivity index (χ0n) is 14.2. The molecule has 136 valence electrons. The van der Waals surface area contributed by atoms with Crippen LogP contribution in [0, 0.1) is 0 Å². The van der Waals surface area contributed by atoms with E-state index in [1.165, 1.54) is 4.90 Å². The summed E-state index contributed by atoms with van der Waals surface area (Å²) in [5.41, 5.74) is 0.561. The molecule has 0 bridgehead atoms. The molecule has 1 atom stereocenters. The first-order valence-corrected chi connectivity index (χ1v) is 9.98. The molecule has 27 heavy (non-hydrogen) atoms. The lowest BCUT2D eigenvalue weighted by Crippen LogP contribution is -2.44. The van der Waals surface area contributed by atoms with Gasteiger partial charge in [0, 0.05) is 25.9 Å². The number of aliphatic hydroxyl groups is 1. The van der Waals surface area contributed by atoms with E-state index in [1.54, 1.807) is 4.90 Å². The number of halogens is 2. The lowest BCUT2D eigenvalue weighted by atomic mass is 10.0. The molecular formula is C21H16Br2N2O2. The fourth-order valence-corrected chi connectivity index (χ4v) is 3.83. The predicted octanol–water partition coefficient (Wildman–Crippen LogP) is 5.50. The Hall–Kier alpha value is -2.15. The minimum absolute atomic E-state index is 0.132. The summed E-state index contributed by atoms with van der Waals surface area (Å²) in [5, 5.41) is 11.6. The smallest absolute Gasteiger partial charge is 0.331 e. The largest absolute Gasteiger partial charge is 0.365 e. The number of urea groups is 1. The van der Waals surface area contributed by atoms with Crippen LogP contribution in [0.15, 0.2) is 87.8 Å². The third-order valence-electron chi connectivity index (χ3n) is 4.63. The second-order valence-electron chi connectivity index (χ2n) is 6.34. The Morgan fingerprint density at radius 3 is 1.85 bits per heavy atom. The van der Waals surface area contributed by atoms with Crippen molar-refractivity contribution in [1.29, 1.82) is 0 Å². The van der Waals surface area contributed by atoms with Crippen molar-refractivity contribution < 1.29 is 9.90 Å². The van der Waals surface area contributed by atoms with E-state index in [4.69, 9.17) is 0 Å². The maximum atomic E-state index is 13.3. The van der Waals surface area contributed by atoms with Crippen molar-refractivity contribution in [3.63, 3.8) is 0 Å². The Morgan fingerprint density at radius 2 is 1.30 bits per heavy atom. The Kier molecular flexibility index (Phi) is 4.80. The lowest BCUT2D eigenvalue weighted by molar-refractivity contribution is 0.0655. The first kappa shape index (κ1) is 18.2. The number of benzene rings is 3. The van der Waals surface area contributed by atoms with Crippen LogP contribution in [0.25, 0.3) is 0 Å². The van der Waals surface area contributed by atoms with E-state index in [0.717, 1.165) is 14.6 Å². The van der Waals surface area contributed by atoms with Crippen molar-refractivity contribution >= 4 is 49.3 Å². The average molecular weight is 488 g/mol. The Bertz CT molecular complexity index is 962. The molecule has 1 heterocycles. The molecule has 1 N–H and O–H groups in total.